The van der Waals surface area contributed by atoms with Gasteiger partial charge >= 0.3 is 0 Å². The first-order chi connectivity index (χ1) is 10.0. The van der Waals surface area contributed by atoms with Crippen molar-refractivity contribution >= 4 is 29.9 Å². The Bertz CT molecular complexity index is 420. The van der Waals surface area contributed by atoms with Crippen molar-refractivity contribution in [3.8, 4) is 0 Å². The van der Waals surface area contributed by atoms with Crippen LogP contribution in [0.15, 0.2) is 35.3 Å². The summed E-state index contributed by atoms with van der Waals surface area (Å²) in [5, 5.41) is 6.66. The first-order valence-corrected chi connectivity index (χ1v) is 7.74. The second-order valence-electron chi connectivity index (χ2n) is 5.84. The van der Waals surface area contributed by atoms with Crippen LogP contribution in [-0.4, -0.2) is 43.6 Å². The Kier molecular flexibility index (Phi) is 11.3. The topological polar surface area (TPSA) is 39.7 Å². The lowest BCUT2D eigenvalue weighted by atomic mass is 10.1. The Morgan fingerprint density at radius 1 is 1.18 bits per heavy atom. The Morgan fingerprint density at radius 3 is 2.36 bits per heavy atom. The van der Waals surface area contributed by atoms with Gasteiger partial charge < -0.3 is 10.6 Å². The number of rotatable bonds is 7. The number of nitrogens with one attached hydrogen (secondary N) is 2. The van der Waals surface area contributed by atoms with Crippen molar-refractivity contribution in [1.82, 2.24) is 15.5 Å². The zero-order chi connectivity index (χ0) is 15.7. The van der Waals surface area contributed by atoms with Gasteiger partial charge in [-0.1, -0.05) is 30.3 Å². The molecule has 0 amide bonds. The summed E-state index contributed by atoms with van der Waals surface area (Å²) in [4.78, 5) is 6.60. The van der Waals surface area contributed by atoms with Gasteiger partial charge in [-0.25, -0.2) is 0 Å². The van der Waals surface area contributed by atoms with Gasteiger partial charge in [0.1, 0.15) is 0 Å². The molecule has 0 aromatic heterocycles. The standard InChI is InChI=1S/C17H30N4.HI/c1-14(2)20-17(18-4)19-12-11-15(3)21(5)13-16-9-7-6-8-10-16;/h6-10,14-15H,11-13H2,1-5H3,(H2,18,19,20);1H. The maximum atomic E-state index is 4.22. The number of guanidine groups is 1. The number of benzene rings is 1. The fourth-order valence-corrected chi connectivity index (χ4v) is 2.12. The molecule has 0 saturated carbocycles. The third-order valence-electron chi connectivity index (χ3n) is 3.53. The van der Waals surface area contributed by atoms with Gasteiger partial charge in [0, 0.05) is 32.2 Å². The van der Waals surface area contributed by atoms with Gasteiger partial charge in [0.05, 0.1) is 0 Å². The van der Waals surface area contributed by atoms with Crippen LogP contribution < -0.4 is 10.6 Å². The molecule has 0 spiro atoms. The highest BCUT2D eigenvalue weighted by atomic mass is 127. The average Bonchev–Trinajstić information content (AvgIpc) is 2.46. The SMILES string of the molecule is CN=C(NCCC(C)N(C)Cc1ccccc1)NC(C)C.I. The zero-order valence-corrected chi connectivity index (χ0v) is 16.8. The normalized spacial score (nSPS) is 13.0. The third-order valence-corrected chi connectivity index (χ3v) is 3.53. The summed E-state index contributed by atoms with van der Waals surface area (Å²) in [6.07, 6.45) is 1.09. The third kappa shape index (κ3) is 8.58. The minimum absolute atomic E-state index is 0. The molecule has 5 heteroatoms. The summed E-state index contributed by atoms with van der Waals surface area (Å²) in [5.74, 6) is 0.878. The van der Waals surface area contributed by atoms with Gasteiger partial charge in [-0.3, -0.25) is 9.89 Å². The van der Waals surface area contributed by atoms with E-state index in [0.717, 1.165) is 25.5 Å². The molecule has 1 aromatic rings. The second kappa shape index (κ2) is 11.7. The van der Waals surface area contributed by atoms with Crippen molar-refractivity contribution in [1.29, 1.82) is 0 Å². The Balaban J connectivity index is 0.00000441. The van der Waals surface area contributed by atoms with Crippen LogP contribution in [0.4, 0.5) is 0 Å². The molecule has 0 radical (unpaired) electrons. The summed E-state index contributed by atoms with van der Waals surface area (Å²) in [5.41, 5.74) is 1.36. The summed E-state index contributed by atoms with van der Waals surface area (Å²) >= 11 is 0. The van der Waals surface area contributed by atoms with Gasteiger partial charge in [-0.05, 0) is 39.8 Å². The van der Waals surface area contributed by atoms with Gasteiger partial charge in [0.2, 0.25) is 0 Å². The molecule has 0 saturated heterocycles. The minimum atomic E-state index is 0. The molecule has 126 valence electrons. The van der Waals surface area contributed by atoms with Gasteiger partial charge in [-0.15, -0.1) is 24.0 Å². The van der Waals surface area contributed by atoms with E-state index in [0.29, 0.717) is 12.1 Å². The Hall–Kier alpha value is -0.820. The van der Waals surface area contributed by atoms with Crippen LogP contribution in [0.2, 0.25) is 0 Å². The van der Waals surface area contributed by atoms with Crippen LogP contribution in [0.3, 0.4) is 0 Å². The summed E-state index contributed by atoms with van der Waals surface area (Å²) in [6, 6.07) is 11.5. The van der Waals surface area contributed by atoms with Crippen molar-refractivity contribution in [2.24, 2.45) is 4.99 Å². The summed E-state index contributed by atoms with van der Waals surface area (Å²) < 4.78 is 0. The second-order valence-corrected chi connectivity index (χ2v) is 5.84. The lowest BCUT2D eigenvalue weighted by Gasteiger charge is -2.25. The van der Waals surface area contributed by atoms with Crippen LogP contribution >= 0.6 is 24.0 Å². The van der Waals surface area contributed by atoms with Crippen molar-refractivity contribution in [2.75, 3.05) is 20.6 Å². The van der Waals surface area contributed by atoms with E-state index >= 15 is 0 Å². The van der Waals surface area contributed by atoms with Crippen molar-refractivity contribution < 1.29 is 0 Å². The van der Waals surface area contributed by atoms with Crippen LogP contribution in [0.5, 0.6) is 0 Å². The summed E-state index contributed by atoms with van der Waals surface area (Å²) in [7, 11) is 3.99. The Morgan fingerprint density at radius 2 is 1.82 bits per heavy atom. The van der Waals surface area contributed by atoms with E-state index < -0.39 is 0 Å². The molecule has 1 unspecified atom stereocenters. The fourth-order valence-electron chi connectivity index (χ4n) is 2.12. The van der Waals surface area contributed by atoms with Crippen molar-refractivity contribution in [3.63, 3.8) is 0 Å². The quantitative estimate of drug-likeness (QED) is 0.406. The van der Waals surface area contributed by atoms with Crippen LogP contribution in [0.1, 0.15) is 32.8 Å². The fraction of sp³-hybridized carbons (Fsp3) is 0.588. The van der Waals surface area contributed by atoms with Crippen molar-refractivity contribution in [3.05, 3.63) is 35.9 Å². The summed E-state index contributed by atoms with van der Waals surface area (Å²) in [6.45, 7) is 8.41. The molecule has 1 aromatic carbocycles. The molecular formula is C17H31IN4. The van der Waals surface area contributed by atoms with E-state index in [1.54, 1.807) is 0 Å². The molecule has 22 heavy (non-hydrogen) atoms. The van der Waals surface area contributed by atoms with E-state index in [1.165, 1.54) is 5.56 Å². The molecule has 4 nitrogen and oxygen atoms in total. The number of hydrogen-bond acceptors (Lipinski definition) is 2. The minimum Gasteiger partial charge on any atom is -0.356 e. The number of aliphatic imine (C=N–C) groups is 1. The van der Waals surface area contributed by atoms with Crippen LogP contribution in [0, 0.1) is 0 Å². The Labute approximate surface area is 152 Å². The molecule has 0 bridgehead atoms. The van der Waals surface area contributed by atoms with Crippen molar-refractivity contribution in [2.45, 2.75) is 45.8 Å². The lowest BCUT2D eigenvalue weighted by Crippen LogP contribution is -2.42. The largest absolute Gasteiger partial charge is 0.356 e. The van der Waals surface area contributed by atoms with E-state index in [2.05, 4.69) is 78.7 Å². The zero-order valence-electron chi connectivity index (χ0n) is 14.5. The van der Waals surface area contributed by atoms with E-state index in [9.17, 15) is 0 Å². The van der Waals surface area contributed by atoms with E-state index in [-0.39, 0.29) is 24.0 Å². The van der Waals surface area contributed by atoms with E-state index in [4.69, 9.17) is 0 Å². The van der Waals surface area contributed by atoms with Gasteiger partial charge in [-0.2, -0.15) is 0 Å². The lowest BCUT2D eigenvalue weighted by molar-refractivity contribution is 0.238. The molecule has 0 aliphatic carbocycles. The van der Waals surface area contributed by atoms with E-state index in [1.807, 2.05) is 7.05 Å². The first-order valence-electron chi connectivity index (χ1n) is 7.74. The van der Waals surface area contributed by atoms with Crippen LogP contribution in [0.25, 0.3) is 0 Å². The highest BCUT2D eigenvalue weighted by Gasteiger charge is 2.09. The molecule has 1 atom stereocenters. The molecule has 0 fully saturated rings. The smallest absolute Gasteiger partial charge is 0.191 e. The molecule has 0 heterocycles. The van der Waals surface area contributed by atoms with Gasteiger partial charge in [0.15, 0.2) is 5.96 Å². The number of halogens is 1. The monoisotopic (exact) mass is 418 g/mol. The molecule has 2 N–H and O–H groups in total. The molecule has 1 rings (SSSR count). The molecule has 0 aliphatic heterocycles. The predicted octanol–water partition coefficient (Wildman–Crippen LogP) is 3.09. The number of hydrogen-bond donors (Lipinski definition) is 2. The molecular weight excluding hydrogens is 387 g/mol. The van der Waals surface area contributed by atoms with Gasteiger partial charge in [0.25, 0.3) is 0 Å². The average molecular weight is 418 g/mol. The maximum absolute atomic E-state index is 4.22. The maximum Gasteiger partial charge on any atom is 0.191 e. The predicted molar refractivity (Wildman–Crippen MR) is 107 cm³/mol. The highest BCUT2D eigenvalue weighted by molar-refractivity contribution is 14.0. The molecule has 0 aliphatic rings. The number of nitrogens with zero attached hydrogens (tertiary/aromatic N) is 2. The highest BCUT2D eigenvalue weighted by Crippen LogP contribution is 2.07. The van der Waals surface area contributed by atoms with Crippen LogP contribution in [-0.2, 0) is 6.54 Å². The first kappa shape index (κ1) is 21.2.